The van der Waals surface area contributed by atoms with E-state index in [9.17, 15) is 13.2 Å². The molecule has 0 aliphatic rings. The van der Waals surface area contributed by atoms with E-state index in [2.05, 4.69) is 15.8 Å². The monoisotopic (exact) mass is 627 g/mol. The first-order chi connectivity index (χ1) is 21.2. The van der Waals surface area contributed by atoms with E-state index < -0.39 is 15.9 Å². The van der Waals surface area contributed by atoms with Crippen LogP contribution in [0.3, 0.4) is 0 Å². The molecular weight excluding hydrogens is 595 g/mol. The summed E-state index contributed by atoms with van der Waals surface area (Å²) in [6, 6.07) is 29.4. The van der Waals surface area contributed by atoms with Crippen molar-refractivity contribution in [2.45, 2.75) is 31.6 Å². The highest BCUT2D eigenvalue weighted by molar-refractivity contribution is 7.89. The minimum absolute atomic E-state index is 0.0196. The number of nitrogens with one attached hydrogen (secondary N) is 2. The van der Waals surface area contributed by atoms with Gasteiger partial charge in [0.2, 0.25) is 14.8 Å². The summed E-state index contributed by atoms with van der Waals surface area (Å²) in [5, 5.41) is 15.3. The smallest absolute Gasteiger partial charge is 0.271 e. The molecule has 226 valence electrons. The van der Waals surface area contributed by atoms with Gasteiger partial charge < -0.3 is 10.1 Å². The number of carbonyl (C=O) groups is 1. The van der Waals surface area contributed by atoms with Crippen LogP contribution < -0.4 is 25.4 Å². The molecule has 44 heavy (non-hydrogen) atoms. The quantitative estimate of drug-likeness (QED) is 0.115. The number of hydrogen-bond acceptors (Lipinski definition) is 7. The van der Waals surface area contributed by atoms with Crippen molar-refractivity contribution in [2.75, 3.05) is 11.9 Å². The van der Waals surface area contributed by atoms with Gasteiger partial charge in [-0.25, -0.2) is 19.0 Å². The summed E-state index contributed by atoms with van der Waals surface area (Å²) in [5.74, 6) is -0.161. The van der Waals surface area contributed by atoms with Crippen molar-refractivity contribution in [3.63, 3.8) is 0 Å². The van der Waals surface area contributed by atoms with Crippen LogP contribution in [0.15, 0.2) is 112 Å². The van der Waals surface area contributed by atoms with Crippen LogP contribution in [0.1, 0.15) is 35.7 Å². The first-order valence-corrected chi connectivity index (χ1v) is 16.5. The molecule has 0 bridgehead atoms. The number of para-hydroxylation sites is 2. The van der Waals surface area contributed by atoms with Crippen LogP contribution in [0.2, 0.25) is 0 Å². The fourth-order valence-electron chi connectivity index (χ4n) is 4.49. The maximum absolute atomic E-state index is 13.5. The summed E-state index contributed by atoms with van der Waals surface area (Å²) in [5.41, 5.74) is 6.93. The number of nitrogens with two attached hydrogens (primary N) is 1. The summed E-state index contributed by atoms with van der Waals surface area (Å²) < 4.78 is 33.5. The summed E-state index contributed by atoms with van der Waals surface area (Å²) in [7, 11) is -4.28. The topological polar surface area (TPSA) is 128 Å². The average Bonchev–Trinajstić information content (AvgIpc) is 3.45. The van der Waals surface area contributed by atoms with Crippen LogP contribution in [-0.2, 0) is 10.0 Å². The van der Waals surface area contributed by atoms with Gasteiger partial charge in [0.1, 0.15) is 10.6 Å². The lowest BCUT2D eigenvalue weighted by Crippen LogP contribution is -2.25. The number of benzene rings is 4. The van der Waals surface area contributed by atoms with E-state index in [1.54, 1.807) is 30.3 Å². The number of aryl methyl sites for hydroxylation is 1. The van der Waals surface area contributed by atoms with Gasteiger partial charge in [0.25, 0.3) is 5.91 Å². The molecule has 0 spiro atoms. The Kier molecular flexibility index (Phi) is 9.59. The number of unbranched alkanes of at least 4 members (excludes halogenated alkanes) is 1. The third-order valence-electron chi connectivity index (χ3n) is 6.76. The predicted octanol–water partition coefficient (Wildman–Crippen LogP) is 6.41. The molecule has 9 nitrogen and oxygen atoms in total. The van der Waals surface area contributed by atoms with Gasteiger partial charge >= 0.3 is 0 Å². The number of rotatable bonds is 11. The maximum atomic E-state index is 13.5. The Labute approximate surface area is 260 Å². The fraction of sp³-hybridized carbons (Fsp3) is 0.152. The van der Waals surface area contributed by atoms with Crippen molar-refractivity contribution >= 4 is 33.0 Å². The second-order valence-corrected chi connectivity index (χ2v) is 12.5. The normalized spacial score (nSPS) is 11.8. The van der Waals surface area contributed by atoms with Gasteiger partial charge in [0.05, 0.1) is 11.4 Å². The minimum atomic E-state index is -4.28. The summed E-state index contributed by atoms with van der Waals surface area (Å²) in [4.78, 5) is 13.7. The molecule has 0 fully saturated rings. The summed E-state index contributed by atoms with van der Waals surface area (Å²) in [6.45, 7) is 4.61. The Balaban J connectivity index is 1.55. The third kappa shape index (κ3) is 7.25. The Bertz CT molecular complexity index is 1920. The third-order valence-corrected chi connectivity index (χ3v) is 8.50. The number of aromatic nitrogens is 1. The standard InChI is InChI=1S/C33H33N5O4S2/c1-3-4-19-35-28-20-25(21-30(44(34,40)41)31(28)42-27-13-9-6-10-14-27)32(39)36-37-33-38(26-11-7-5-8-12-26)29(22-43-33)24-17-15-23(2)16-18-24/h5-18,20-22,35H,3-4,19H2,1-2H3,(H,36,39)(H2,34,40,41)/b37-33-. The van der Waals surface area contributed by atoms with Crippen LogP contribution in [0, 0.1) is 6.92 Å². The molecular formula is C33H33N5O4S2. The molecule has 0 saturated heterocycles. The number of ether oxygens (including phenoxy) is 1. The fourth-order valence-corrected chi connectivity index (χ4v) is 6.06. The molecule has 11 heteroatoms. The van der Waals surface area contributed by atoms with Crippen LogP contribution in [0.5, 0.6) is 11.5 Å². The first-order valence-electron chi connectivity index (χ1n) is 14.1. The van der Waals surface area contributed by atoms with E-state index in [0.717, 1.165) is 35.3 Å². The first kappa shape index (κ1) is 30.7. The van der Waals surface area contributed by atoms with Crippen molar-refractivity contribution in [1.82, 2.24) is 9.99 Å². The Morgan fingerprint density at radius 2 is 1.66 bits per heavy atom. The zero-order chi connectivity index (χ0) is 31.1. The van der Waals surface area contributed by atoms with Gasteiger partial charge in [-0.15, -0.1) is 16.4 Å². The molecule has 4 N–H and O–H groups in total. The lowest BCUT2D eigenvalue weighted by molar-refractivity contribution is 0.0953. The minimum Gasteiger partial charge on any atom is -0.454 e. The van der Waals surface area contributed by atoms with Gasteiger partial charge in [0.15, 0.2) is 5.75 Å². The lowest BCUT2D eigenvalue weighted by atomic mass is 10.1. The van der Waals surface area contributed by atoms with Crippen molar-refractivity contribution in [3.05, 3.63) is 118 Å². The van der Waals surface area contributed by atoms with Crippen molar-refractivity contribution < 1.29 is 17.9 Å². The van der Waals surface area contributed by atoms with Crippen molar-refractivity contribution in [1.29, 1.82) is 0 Å². The molecule has 0 atom stereocenters. The van der Waals surface area contributed by atoms with Crippen molar-refractivity contribution in [3.8, 4) is 28.4 Å². The molecule has 0 aliphatic heterocycles. The largest absolute Gasteiger partial charge is 0.454 e. The molecule has 0 unspecified atom stereocenters. The number of carbonyl (C=O) groups excluding carboxylic acids is 1. The van der Waals surface area contributed by atoms with Gasteiger partial charge in [-0.05, 0) is 55.3 Å². The van der Waals surface area contributed by atoms with Gasteiger partial charge in [-0.3, -0.25) is 9.36 Å². The maximum Gasteiger partial charge on any atom is 0.271 e. The summed E-state index contributed by atoms with van der Waals surface area (Å²) in [6.07, 6.45) is 1.73. The van der Waals surface area contributed by atoms with Crippen LogP contribution in [-0.4, -0.2) is 25.4 Å². The molecule has 0 saturated carbocycles. The number of nitrogens with zero attached hydrogens (tertiary/aromatic N) is 2. The van der Waals surface area contributed by atoms with Crippen LogP contribution in [0.4, 0.5) is 5.69 Å². The van der Waals surface area contributed by atoms with Gasteiger partial charge in [-0.2, -0.15) is 0 Å². The van der Waals surface area contributed by atoms with E-state index in [4.69, 9.17) is 9.88 Å². The van der Waals surface area contributed by atoms with E-state index in [-0.39, 0.29) is 16.2 Å². The number of thiazole rings is 1. The molecule has 5 rings (SSSR count). The zero-order valence-corrected chi connectivity index (χ0v) is 26.0. The number of amides is 1. The molecule has 1 heterocycles. The predicted molar refractivity (Wildman–Crippen MR) is 175 cm³/mol. The molecule has 0 radical (unpaired) electrons. The Morgan fingerprint density at radius 3 is 2.32 bits per heavy atom. The number of hydrogen-bond donors (Lipinski definition) is 3. The number of anilines is 1. The highest BCUT2D eigenvalue weighted by Gasteiger charge is 2.24. The van der Waals surface area contributed by atoms with E-state index in [1.165, 1.54) is 17.4 Å². The average molecular weight is 628 g/mol. The van der Waals surface area contributed by atoms with Crippen molar-refractivity contribution in [2.24, 2.45) is 10.2 Å². The SMILES string of the molecule is CCCCNc1cc(C(=O)N/N=c2\scc(-c3ccc(C)cc3)n2-c2ccccc2)cc(S(N)(=O)=O)c1Oc1ccccc1. The molecule has 4 aromatic carbocycles. The van der Waals surface area contributed by atoms with E-state index >= 15 is 0 Å². The van der Waals surface area contributed by atoms with E-state index in [1.807, 2.05) is 84.5 Å². The Morgan fingerprint density at radius 1 is 0.977 bits per heavy atom. The lowest BCUT2D eigenvalue weighted by Gasteiger charge is -2.17. The van der Waals surface area contributed by atoms with Crippen LogP contribution in [0.25, 0.3) is 16.9 Å². The second kappa shape index (κ2) is 13.7. The zero-order valence-electron chi connectivity index (χ0n) is 24.4. The molecule has 1 amide bonds. The highest BCUT2D eigenvalue weighted by atomic mass is 32.2. The Hall–Kier alpha value is -4.71. The van der Waals surface area contributed by atoms with E-state index in [0.29, 0.717) is 22.8 Å². The number of sulfonamides is 1. The molecule has 5 aromatic rings. The molecule has 1 aromatic heterocycles. The summed E-state index contributed by atoms with van der Waals surface area (Å²) >= 11 is 1.37. The van der Waals surface area contributed by atoms with Crippen LogP contribution >= 0.6 is 11.3 Å². The number of primary sulfonamides is 1. The second-order valence-electron chi connectivity index (χ2n) is 10.1. The highest BCUT2D eigenvalue weighted by Crippen LogP contribution is 2.37. The van der Waals surface area contributed by atoms with Gasteiger partial charge in [-0.1, -0.05) is 79.6 Å². The molecule has 0 aliphatic carbocycles. The van der Waals surface area contributed by atoms with Gasteiger partial charge in [0, 0.05) is 23.2 Å².